The lowest BCUT2D eigenvalue weighted by molar-refractivity contribution is 0.0927. The molecule has 0 heterocycles. The highest BCUT2D eigenvalue weighted by Gasteiger charge is 2.33. The van der Waals surface area contributed by atoms with Crippen LogP contribution in [0.4, 0.5) is 4.39 Å². The summed E-state index contributed by atoms with van der Waals surface area (Å²) in [6, 6.07) is 14.6. The average molecular weight is 283 g/mol. The third kappa shape index (κ3) is 3.13. The van der Waals surface area contributed by atoms with Crippen molar-refractivity contribution >= 4 is 5.91 Å². The first-order valence-corrected chi connectivity index (χ1v) is 7.27. The maximum absolute atomic E-state index is 13.9. The minimum Gasteiger partial charge on any atom is -0.345 e. The zero-order valence-electron chi connectivity index (χ0n) is 12.0. The molecule has 0 aliphatic heterocycles. The molecule has 0 aromatic heterocycles. The van der Waals surface area contributed by atoms with E-state index in [0.29, 0.717) is 5.92 Å². The Kier molecular flexibility index (Phi) is 3.74. The van der Waals surface area contributed by atoms with Gasteiger partial charge in [0.2, 0.25) is 0 Å². The number of carbonyl (C=O) groups excluding carboxylic acids is 1. The lowest BCUT2D eigenvalue weighted by atomic mass is 10.0. The standard InChI is InChI=1S/C18H18FNO/c1-12-7-10-15(16(19)11-12)18(21)20-17(14-8-9-14)13-5-3-2-4-6-13/h2-7,10-11,14,17H,8-9H2,1H3,(H,20,21). The summed E-state index contributed by atoms with van der Waals surface area (Å²) in [7, 11) is 0. The Morgan fingerprint density at radius 3 is 2.52 bits per heavy atom. The molecule has 1 amide bonds. The maximum Gasteiger partial charge on any atom is 0.254 e. The van der Waals surface area contributed by atoms with E-state index in [1.807, 2.05) is 37.3 Å². The molecule has 1 unspecified atom stereocenters. The molecule has 3 heteroatoms. The van der Waals surface area contributed by atoms with E-state index in [-0.39, 0.29) is 17.5 Å². The molecular formula is C18H18FNO. The molecule has 1 atom stereocenters. The lowest BCUT2D eigenvalue weighted by Crippen LogP contribution is -2.30. The van der Waals surface area contributed by atoms with Crippen LogP contribution in [-0.4, -0.2) is 5.91 Å². The summed E-state index contributed by atoms with van der Waals surface area (Å²) >= 11 is 0. The molecule has 1 fully saturated rings. The van der Waals surface area contributed by atoms with E-state index >= 15 is 0 Å². The summed E-state index contributed by atoms with van der Waals surface area (Å²) in [6.45, 7) is 1.81. The molecule has 0 spiro atoms. The summed E-state index contributed by atoms with van der Waals surface area (Å²) in [5, 5.41) is 2.99. The van der Waals surface area contributed by atoms with Crippen LogP contribution in [0.5, 0.6) is 0 Å². The van der Waals surface area contributed by atoms with Crippen molar-refractivity contribution in [2.75, 3.05) is 0 Å². The number of halogens is 1. The van der Waals surface area contributed by atoms with Crippen molar-refractivity contribution in [2.24, 2.45) is 5.92 Å². The van der Waals surface area contributed by atoms with Crippen LogP contribution in [0.2, 0.25) is 0 Å². The lowest BCUT2D eigenvalue weighted by Gasteiger charge is -2.19. The van der Waals surface area contributed by atoms with Gasteiger partial charge in [-0.15, -0.1) is 0 Å². The summed E-state index contributed by atoms with van der Waals surface area (Å²) in [5.74, 6) is -0.340. The summed E-state index contributed by atoms with van der Waals surface area (Å²) in [6.07, 6.45) is 2.21. The third-order valence-corrected chi connectivity index (χ3v) is 3.91. The third-order valence-electron chi connectivity index (χ3n) is 3.91. The molecule has 21 heavy (non-hydrogen) atoms. The maximum atomic E-state index is 13.9. The smallest absolute Gasteiger partial charge is 0.254 e. The predicted octanol–water partition coefficient (Wildman–Crippen LogP) is 4.02. The molecule has 0 saturated heterocycles. The van der Waals surface area contributed by atoms with E-state index in [1.165, 1.54) is 6.07 Å². The fraction of sp³-hybridized carbons (Fsp3) is 0.278. The second-order valence-corrected chi connectivity index (χ2v) is 5.68. The second kappa shape index (κ2) is 5.68. The number of aryl methyl sites for hydroxylation is 1. The second-order valence-electron chi connectivity index (χ2n) is 5.68. The first kappa shape index (κ1) is 13.8. The van der Waals surface area contributed by atoms with Gasteiger partial charge in [0.1, 0.15) is 5.82 Å². The van der Waals surface area contributed by atoms with Crippen LogP contribution in [0.15, 0.2) is 48.5 Å². The van der Waals surface area contributed by atoms with Gasteiger partial charge in [-0.25, -0.2) is 4.39 Å². The van der Waals surface area contributed by atoms with Crippen molar-refractivity contribution in [3.05, 3.63) is 71.0 Å². The highest BCUT2D eigenvalue weighted by Crippen LogP contribution is 2.41. The van der Waals surface area contributed by atoms with Crippen LogP contribution in [0.1, 0.15) is 40.4 Å². The van der Waals surface area contributed by atoms with Gasteiger partial charge in [0.25, 0.3) is 5.91 Å². The molecule has 3 rings (SSSR count). The summed E-state index contributed by atoms with van der Waals surface area (Å²) in [5.41, 5.74) is 2.01. The zero-order chi connectivity index (χ0) is 14.8. The van der Waals surface area contributed by atoms with Gasteiger partial charge in [0.05, 0.1) is 11.6 Å². The molecule has 1 aliphatic rings. The van der Waals surface area contributed by atoms with E-state index in [0.717, 1.165) is 24.0 Å². The monoisotopic (exact) mass is 283 g/mol. The number of hydrogen-bond donors (Lipinski definition) is 1. The fourth-order valence-electron chi connectivity index (χ4n) is 2.59. The number of rotatable bonds is 4. The van der Waals surface area contributed by atoms with Crippen LogP contribution in [-0.2, 0) is 0 Å². The first-order chi connectivity index (χ1) is 10.1. The molecule has 1 N–H and O–H groups in total. The van der Waals surface area contributed by atoms with Crippen molar-refractivity contribution < 1.29 is 9.18 Å². The van der Waals surface area contributed by atoms with Gasteiger partial charge in [-0.2, -0.15) is 0 Å². The van der Waals surface area contributed by atoms with Gasteiger partial charge in [-0.05, 0) is 48.9 Å². The molecule has 1 saturated carbocycles. The van der Waals surface area contributed by atoms with Gasteiger partial charge >= 0.3 is 0 Å². The topological polar surface area (TPSA) is 29.1 Å². The zero-order valence-corrected chi connectivity index (χ0v) is 12.0. The summed E-state index contributed by atoms with van der Waals surface area (Å²) < 4.78 is 13.9. The minimum atomic E-state index is -0.463. The van der Waals surface area contributed by atoms with Crippen molar-refractivity contribution in [3.8, 4) is 0 Å². The molecular weight excluding hydrogens is 265 g/mol. The number of nitrogens with one attached hydrogen (secondary N) is 1. The Hall–Kier alpha value is -2.16. The fourth-order valence-corrected chi connectivity index (χ4v) is 2.59. The van der Waals surface area contributed by atoms with Crippen LogP contribution in [0, 0.1) is 18.7 Å². The van der Waals surface area contributed by atoms with Crippen molar-refractivity contribution in [2.45, 2.75) is 25.8 Å². The van der Waals surface area contributed by atoms with Crippen LogP contribution >= 0.6 is 0 Å². The Balaban J connectivity index is 1.81. The van der Waals surface area contributed by atoms with Gasteiger partial charge in [0.15, 0.2) is 0 Å². The van der Waals surface area contributed by atoms with Gasteiger partial charge in [-0.3, -0.25) is 4.79 Å². The van der Waals surface area contributed by atoms with E-state index in [9.17, 15) is 9.18 Å². The molecule has 2 aromatic carbocycles. The van der Waals surface area contributed by atoms with E-state index in [1.54, 1.807) is 12.1 Å². The normalized spacial score (nSPS) is 15.5. The number of hydrogen-bond acceptors (Lipinski definition) is 1. The highest BCUT2D eigenvalue weighted by atomic mass is 19.1. The largest absolute Gasteiger partial charge is 0.345 e. The number of carbonyl (C=O) groups is 1. The van der Waals surface area contributed by atoms with Gasteiger partial charge < -0.3 is 5.32 Å². The van der Waals surface area contributed by atoms with E-state index in [4.69, 9.17) is 0 Å². The van der Waals surface area contributed by atoms with Gasteiger partial charge in [0, 0.05) is 0 Å². The van der Waals surface area contributed by atoms with Crippen molar-refractivity contribution in [1.82, 2.24) is 5.32 Å². The number of benzene rings is 2. The molecule has 0 bridgehead atoms. The molecule has 2 nitrogen and oxygen atoms in total. The minimum absolute atomic E-state index is 0.0283. The predicted molar refractivity (Wildman–Crippen MR) is 80.5 cm³/mol. The van der Waals surface area contributed by atoms with E-state index < -0.39 is 5.82 Å². The first-order valence-electron chi connectivity index (χ1n) is 7.27. The average Bonchev–Trinajstić information content (AvgIpc) is 3.30. The van der Waals surface area contributed by atoms with E-state index in [2.05, 4.69) is 5.32 Å². The SMILES string of the molecule is Cc1ccc(C(=O)NC(c2ccccc2)C2CC2)c(F)c1. The molecule has 0 radical (unpaired) electrons. The van der Waals surface area contributed by atoms with Gasteiger partial charge in [-0.1, -0.05) is 36.4 Å². The van der Waals surface area contributed by atoms with Crippen LogP contribution in [0.3, 0.4) is 0 Å². The Labute approximate surface area is 124 Å². The Bertz CT molecular complexity index is 650. The van der Waals surface area contributed by atoms with Crippen LogP contribution < -0.4 is 5.32 Å². The summed E-state index contributed by atoms with van der Waals surface area (Å²) in [4.78, 5) is 12.3. The number of amides is 1. The molecule has 1 aliphatic carbocycles. The highest BCUT2D eigenvalue weighted by molar-refractivity contribution is 5.94. The Morgan fingerprint density at radius 2 is 1.90 bits per heavy atom. The quantitative estimate of drug-likeness (QED) is 0.902. The van der Waals surface area contributed by atoms with Crippen LogP contribution in [0.25, 0.3) is 0 Å². The molecule has 108 valence electrons. The molecule has 2 aromatic rings. The van der Waals surface area contributed by atoms with Crippen molar-refractivity contribution in [1.29, 1.82) is 0 Å². The van der Waals surface area contributed by atoms with Crippen molar-refractivity contribution in [3.63, 3.8) is 0 Å². The Morgan fingerprint density at radius 1 is 1.19 bits per heavy atom.